The van der Waals surface area contributed by atoms with Crippen molar-refractivity contribution in [3.8, 4) is 0 Å². The largest absolute Gasteiger partial charge is 0.353 e. The Morgan fingerprint density at radius 3 is 2.62 bits per heavy atom. The number of hydrogen-bond acceptors (Lipinski definition) is 10. The third-order valence-corrected chi connectivity index (χ3v) is 8.10. The summed E-state index contributed by atoms with van der Waals surface area (Å²) in [4.78, 5) is 38.9. The summed E-state index contributed by atoms with van der Waals surface area (Å²) in [6, 6.07) is 17.9. The van der Waals surface area contributed by atoms with Crippen LogP contribution < -0.4 is 20.3 Å². The zero-order chi connectivity index (χ0) is 27.4. The number of sulfonamides is 1. The molecule has 4 aromatic rings. The molecule has 1 aliphatic heterocycles. The van der Waals surface area contributed by atoms with Crippen LogP contribution in [-0.4, -0.2) is 54.7 Å². The van der Waals surface area contributed by atoms with Gasteiger partial charge in [0.15, 0.2) is 0 Å². The number of amides is 2. The molecule has 0 unspecified atom stereocenters. The van der Waals surface area contributed by atoms with Crippen molar-refractivity contribution < 1.29 is 18.0 Å². The number of carbonyl (C=O) groups excluding carboxylic acids is 2. The summed E-state index contributed by atoms with van der Waals surface area (Å²) >= 11 is 0.794. The number of anilines is 3. The SMILES string of the molecule is CN(c1ccccc1)c1cc(/C=C2\SC(=O)NC2=O)nc(NCCNS(=O)(=O)c2cccc3cnccc23)n1. The molecule has 1 fully saturated rings. The molecular weight excluding hydrogens is 538 g/mol. The van der Waals surface area contributed by atoms with Crippen molar-refractivity contribution in [2.45, 2.75) is 4.90 Å². The zero-order valence-corrected chi connectivity index (χ0v) is 22.3. The van der Waals surface area contributed by atoms with Gasteiger partial charge >= 0.3 is 0 Å². The summed E-state index contributed by atoms with van der Waals surface area (Å²) in [6.45, 7) is 0.253. The second-order valence-electron chi connectivity index (χ2n) is 8.40. The van der Waals surface area contributed by atoms with E-state index in [-0.39, 0.29) is 28.8 Å². The molecule has 0 atom stereocenters. The molecular formula is C26H23N7O4S2. The molecule has 1 saturated heterocycles. The predicted molar refractivity (Wildman–Crippen MR) is 151 cm³/mol. The topological polar surface area (TPSA) is 146 Å². The highest BCUT2D eigenvalue weighted by molar-refractivity contribution is 8.18. The average molecular weight is 562 g/mol. The molecule has 198 valence electrons. The van der Waals surface area contributed by atoms with Crippen LogP contribution in [0.3, 0.4) is 0 Å². The van der Waals surface area contributed by atoms with Crippen LogP contribution in [0.2, 0.25) is 0 Å². The number of fused-ring (bicyclic) bond motifs is 1. The molecule has 5 rings (SSSR count). The van der Waals surface area contributed by atoms with Crippen LogP contribution in [-0.2, 0) is 14.8 Å². The first-order valence-electron chi connectivity index (χ1n) is 11.8. The van der Waals surface area contributed by atoms with Crippen LogP contribution >= 0.6 is 11.8 Å². The molecule has 3 N–H and O–H groups in total. The molecule has 1 aliphatic rings. The molecule has 2 amide bonds. The summed E-state index contributed by atoms with van der Waals surface area (Å²) < 4.78 is 28.6. The number of benzene rings is 2. The van der Waals surface area contributed by atoms with Gasteiger partial charge in [0.25, 0.3) is 11.1 Å². The highest BCUT2D eigenvalue weighted by Crippen LogP contribution is 2.28. The molecule has 0 aliphatic carbocycles. The van der Waals surface area contributed by atoms with Crippen molar-refractivity contribution in [1.82, 2.24) is 25.0 Å². The smallest absolute Gasteiger partial charge is 0.290 e. The van der Waals surface area contributed by atoms with Crippen LogP contribution in [0, 0.1) is 0 Å². The van der Waals surface area contributed by atoms with Gasteiger partial charge < -0.3 is 10.2 Å². The highest BCUT2D eigenvalue weighted by atomic mass is 32.2. The molecule has 39 heavy (non-hydrogen) atoms. The first-order chi connectivity index (χ1) is 18.8. The summed E-state index contributed by atoms with van der Waals surface area (Å²) in [5, 5.41) is 6.13. The van der Waals surface area contributed by atoms with Gasteiger partial charge in [-0.3, -0.25) is 19.9 Å². The Balaban J connectivity index is 1.34. The molecule has 2 aromatic carbocycles. The average Bonchev–Trinajstić information content (AvgIpc) is 3.26. The van der Waals surface area contributed by atoms with Gasteiger partial charge in [0.2, 0.25) is 16.0 Å². The molecule has 0 radical (unpaired) electrons. The fraction of sp³-hybridized carbons (Fsp3) is 0.115. The molecule has 2 aromatic heterocycles. The molecule has 0 bridgehead atoms. The summed E-state index contributed by atoms with van der Waals surface area (Å²) in [6.07, 6.45) is 4.68. The van der Waals surface area contributed by atoms with Crippen molar-refractivity contribution >= 4 is 67.2 Å². The molecule has 3 heterocycles. The van der Waals surface area contributed by atoms with Gasteiger partial charge in [-0.15, -0.1) is 0 Å². The number of hydrogen-bond donors (Lipinski definition) is 3. The van der Waals surface area contributed by atoms with E-state index in [0.29, 0.717) is 16.9 Å². The van der Waals surface area contributed by atoms with Gasteiger partial charge in [-0.25, -0.2) is 18.1 Å². The third-order valence-electron chi connectivity index (χ3n) is 5.77. The minimum absolute atomic E-state index is 0.0646. The Kier molecular flexibility index (Phi) is 7.54. The second kappa shape index (κ2) is 11.2. The summed E-state index contributed by atoms with van der Waals surface area (Å²) in [5.74, 6) is 0.271. The van der Waals surface area contributed by atoms with E-state index in [1.165, 1.54) is 6.08 Å². The Morgan fingerprint density at radius 1 is 1.03 bits per heavy atom. The molecule has 0 saturated carbocycles. The lowest BCUT2D eigenvalue weighted by molar-refractivity contribution is -0.115. The van der Waals surface area contributed by atoms with Gasteiger partial charge in [0, 0.05) is 55.1 Å². The quantitative estimate of drug-likeness (QED) is 0.205. The number of aromatic nitrogens is 3. The fourth-order valence-electron chi connectivity index (χ4n) is 3.88. The van der Waals surface area contributed by atoms with Gasteiger partial charge in [-0.05, 0) is 42.1 Å². The lowest BCUT2D eigenvalue weighted by atomic mass is 10.2. The highest BCUT2D eigenvalue weighted by Gasteiger charge is 2.25. The van der Waals surface area contributed by atoms with Gasteiger partial charge in [-0.1, -0.05) is 30.3 Å². The second-order valence-corrected chi connectivity index (χ2v) is 11.1. The van der Waals surface area contributed by atoms with Crippen LogP contribution in [0.1, 0.15) is 5.69 Å². The minimum atomic E-state index is -3.79. The van der Waals surface area contributed by atoms with Crippen molar-refractivity contribution in [2.24, 2.45) is 0 Å². The van der Waals surface area contributed by atoms with E-state index in [0.717, 1.165) is 22.8 Å². The first-order valence-corrected chi connectivity index (χ1v) is 14.1. The van der Waals surface area contributed by atoms with E-state index < -0.39 is 21.2 Å². The number of nitrogens with zero attached hydrogens (tertiary/aromatic N) is 4. The van der Waals surface area contributed by atoms with Crippen molar-refractivity contribution in [2.75, 3.05) is 30.4 Å². The first kappa shape index (κ1) is 26.3. The number of thioether (sulfide) groups is 1. The van der Waals surface area contributed by atoms with E-state index in [4.69, 9.17) is 0 Å². The fourth-order valence-corrected chi connectivity index (χ4v) is 5.81. The van der Waals surface area contributed by atoms with E-state index >= 15 is 0 Å². The minimum Gasteiger partial charge on any atom is -0.353 e. The maximum absolute atomic E-state index is 13.0. The molecule has 11 nitrogen and oxygen atoms in total. The predicted octanol–water partition coefficient (Wildman–Crippen LogP) is 3.51. The normalized spacial score (nSPS) is 14.5. The summed E-state index contributed by atoms with van der Waals surface area (Å²) in [5.41, 5.74) is 1.28. The number of rotatable bonds is 9. The maximum atomic E-state index is 13.0. The van der Waals surface area contributed by atoms with Gasteiger partial charge in [0.1, 0.15) is 5.82 Å². The zero-order valence-electron chi connectivity index (χ0n) is 20.7. The van der Waals surface area contributed by atoms with Gasteiger partial charge in [0.05, 0.1) is 15.5 Å². The Morgan fingerprint density at radius 2 is 1.85 bits per heavy atom. The Bertz CT molecular complexity index is 1690. The van der Waals surface area contributed by atoms with Crippen LogP contribution in [0.25, 0.3) is 16.8 Å². The number of imide groups is 1. The Labute approximate surface area is 228 Å². The van der Waals surface area contributed by atoms with Crippen molar-refractivity contribution in [1.29, 1.82) is 0 Å². The van der Waals surface area contributed by atoms with Crippen LogP contribution in [0.4, 0.5) is 22.2 Å². The third kappa shape index (κ3) is 6.06. The van der Waals surface area contributed by atoms with Gasteiger partial charge in [-0.2, -0.15) is 4.98 Å². The van der Waals surface area contributed by atoms with E-state index in [9.17, 15) is 18.0 Å². The molecule has 0 spiro atoms. The lowest BCUT2D eigenvalue weighted by Gasteiger charge is -2.19. The van der Waals surface area contributed by atoms with E-state index in [1.807, 2.05) is 42.3 Å². The molecule has 13 heteroatoms. The number of carbonyl (C=O) groups is 2. The standard InChI is InChI=1S/C26H23N7O4S2/c1-33(19-7-3-2-4-8-19)23-15-18(14-21-24(34)32-26(35)38-21)30-25(31-23)28-12-13-29-39(36,37)22-9-5-6-17-16-27-11-10-20(17)22/h2-11,14-16,29H,12-13H2,1H3,(H,28,30,31)(H,32,34,35)/b21-14-. The number of para-hydroxylation sites is 1. The van der Waals surface area contributed by atoms with E-state index in [2.05, 4.69) is 30.3 Å². The summed E-state index contributed by atoms with van der Waals surface area (Å²) in [7, 11) is -1.95. The maximum Gasteiger partial charge on any atom is 0.290 e. The van der Waals surface area contributed by atoms with Crippen molar-refractivity contribution in [3.63, 3.8) is 0 Å². The van der Waals surface area contributed by atoms with E-state index in [1.54, 1.807) is 42.7 Å². The van der Waals surface area contributed by atoms with Crippen molar-refractivity contribution in [3.05, 3.63) is 83.7 Å². The monoisotopic (exact) mass is 561 g/mol. The number of pyridine rings is 1. The van der Waals surface area contributed by atoms with Crippen LogP contribution in [0.15, 0.2) is 82.9 Å². The Hall–Kier alpha value is -4.33. The lowest BCUT2D eigenvalue weighted by Crippen LogP contribution is -2.29. The van der Waals surface area contributed by atoms with Crippen LogP contribution in [0.5, 0.6) is 0 Å². The number of nitrogens with one attached hydrogen (secondary N) is 3.